The van der Waals surface area contributed by atoms with Crippen LogP contribution in [0.1, 0.15) is 38.6 Å². The van der Waals surface area contributed by atoms with Crippen LogP contribution in [0.3, 0.4) is 0 Å². The minimum Gasteiger partial charge on any atom is -0.480 e. The highest BCUT2D eigenvalue weighted by Crippen LogP contribution is 2.12. The van der Waals surface area contributed by atoms with E-state index < -0.39 is 11.5 Å². The zero-order chi connectivity index (χ0) is 13.1. The van der Waals surface area contributed by atoms with E-state index in [2.05, 4.69) is 10.4 Å². The van der Waals surface area contributed by atoms with Crippen molar-refractivity contribution in [1.29, 1.82) is 0 Å². The van der Waals surface area contributed by atoms with E-state index in [0.29, 0.717) is 13.0 Å². The van der Waals surface area contributed by atoms with Gasteiger partial charge in [-0.3, -0.25) is 14.8 Å². The maximum atomic E-state index is 11.1. The number of carboxylic acids is 1. The number of aliphatic carboxylic acids is 1. The van der Waals surface area contributed by atoms with Crippen LogP contribution in [0.5, 0.6) is 0 Å². The first-order valence-electron chi connectivity index (χ1n) is 5.94. The molecule has 0 aliphatic carbocycles. The Morgan fingerprint density at radius 3 is 2.71 bits per heavy atom. The highest BCUT2D eigenvalue weighted by Gasteiger charge is 2.30. The molecule has 1 aromatic heterocycles. The lowest BCUT2D eigenvalue weighted by atomic mass is 9.99. The van der Waals surface area contributed by atoms with Gasteiger partial charge in [0.25, 0.3) is 0 Å². The van der Waals surface area contributed by atoms with E-state index in [1.807, 2.05) is 31.5 Å². The normalized spacial score (nSPS) is 14.6. The van der Waals surface area contributed by atoms with Crippen molar-refractivity contribution >= 4 is 5.97 Å². The summed E-state index contributed by atoms with van der Waals surface area (Å²) in [7, 11) is 0. The van der Waals surface area contributed by atoms with Crippen LogP contribution >= 0.6 is 0 Å². The Kier molecular flexibility index (Phi) is 4.28. The molecule has 5 nitrogen and oxygen atoms in total. The van der Waals surface area contributed by atoms with Gasteiger partial charge in [-0.05, 0) is 33.3 Å². The standard InChI is InChI=1S/C12H21N3O2/c1-5-12(4,11(16)17)13-8-10-7-9(3)14-15(10)6-2/h7,13H,5-6,8H2,1-4H3,(H,16,17). The smallest absolute Gasteiger partial charge is 0.323 e. The van der Waals surface area contributed by atoms with E-state index in [0.717, 1.165) is 17.9 Å². The molecule has 0 bridgehead atoms. The molecule has 1 heterocycles. The van der Waals surface area contributed by atoms with E-state index in [1.165, 1.54) is 0 Å². The average molecular weight is 239 g/mol. The number of rotatable bonds is 6. The summed E-state index contributed by atoms with van der Waals surface area (Å²) in [6.45, 7) is 8.84. The lowest BCUT2D eigenvalue weighted by molar-refractivity contribution is -0.144. The lowest BCUT2D eigenvalue weighted by Gasteiger charge is -2.24. The maximum Gasteiger partial charge on any atom is 0.323 e. The van der Waals surface area contributed by atoms with Crippen LogP contribution in [0.2, 0.25) is 0 Å². The van der Waals surface area contributed by atoms with E-state index >= 15 is 0 Å². The molecule has 1 unspecified atom stereocenters. The Hall–Kier alpha value is -1.36. The van der Waals surface area contributed by atoms with E-state index in [9.17, 15) is 4.79 Å². The molecule has 0 amide bonds. The van der Waals surface area contributed by atoms with Crippen LogP contribution in [0.25, 0.3) is 0 Å². The van der Waals surface area contributed by atoms with Crippen molar-refractivity contribution < 1.29 is 9.90 Å². The predicted octanol–water partition coefficient (Wildman–Crippen LogP) is 1.55. The molecule has 1 rings (SSSR count). The Morgan fingerprint density at radius 2 is 2.24 bits per heavy atom. The molecule has 0 fully saturated rings. The number of nitrogens with one attached hydrogen (secondary N) is 1. The lowest BCUT2D eigenvalue weighted by Crippen LogP contribution is -2.48. The number of carbonyl (C=O) groups is 1. The van der Waals surface area contributed by atoms with Crippen molar-refractivity contribution in [1.82, 2.24) is 15.1 Å². The maximum absolute atomic E-state index is 11.1. The van der Waals surface area contributed by atoms with Crippen LogP contribution in [0.15, 0.2) is 6.07 Å². The topological polar surface area (TPSA) is 67.2 Å². The molecule has 17 heavy (non-hydrogen) atoms. The van der Waals surface area contributed by atoms with Gasteiger partial charge in [0, 0.05) is 13.1 Å². The summed E-state index contributed by atoms with van der Waals surface area (Å²) in [5.41, 5.74) is 1.10. The van der Waals surface area contributed by atoms with Gasteiger partial charge in [0.05, 0.1) is 11.4 Å². The highest BCUT2D eigenvalue weighted by molar-refractivity contribution is 5.78. The third-order valence-corrected chi connectivity index (χ3v) is 3.12. The van der Waals surface area contributed by atoms with Gasteiger partial charge in [-0.2, -0.15) is 5.10 Å². The fourth-order valence-electron chi connectivity index (χ4n) is 1.65. The molecule has 0 saturated carbocycles. The summed E-state index contributed by atoms with van der Waals surface area (Å²) in [5.74, 6) is -0.820. The molecular weight excluding hydrogens is 218 g/mol. The van der Waals surface area contributed by atoms with Gasteiger partial charge in [-0.15, -0.1) is 0 Å². The number of carboxylic acid groups (broad SMARTS) is 1. The predicted molar refractivity (Wildman–Crippen MR) is 65.8 cm³/mol. The number of hydrogen-bond donors (Lipinski definition) is 2. The fraction of sp³-hybridized carbons (Fsp3) is 0.667. The molecule has 0 aliphatic heterocycles. The molecule has 1 atom stereocenters. The second-order valence-electron chi connectivity index (χ2n) is 4.44. The summed E-state index contributed by atoms with van der Waals surface area (Å²) in [4.78, 5) is 11.1. The summed E-state index contributed by atoms with van der Waals surface area (Å²) in [6.07, 6.45) is 0.543. The van der Waals surface area contributed by atoms with Gasteiger partial charge in [-0.1, -0.05) is 6.92 Å². The third kappa shape index (κ3) is 3.06. The molecule has 5 heteroatoms. The second-order valence-corrected chi connectivity index (χ2v) is 4.44. The molecule has 2 N–H and O–H groups in total. The van der Waals surface area contributed by atoms with Crippen molar-refractivity contribution in [3.05, 3.63) is 17.5 Å². The van der Waals surface area contributed by atoms with E-state index in [-0.39, 0.29) is 0 Å². The first-order valence-corrected chi connectivity index (χ1v) is 5.94. The zero-order valence-corrected chi connectivity index (χ0v) is 10.9. The van der Waals surface area contributed by atoms with E-state index in [1.54, 1.807) is 6.92 Å². The summed E-state index contributed by atoms with van der Waals surface area (Å²) in [5, 5.41) is 16.6. The number of aromatic nitrogens is 2. The van der Waals surface area contributed by atoms with Gasteiger partial charge in [-0.25, -0.2) is 0 Å². The van der Waals surface area contributed by atoms with Gasteiger partial charge in [0.15, 0.2) is 0 Å². The van der Waals surface area contributed by atoms with Crippen molar-refractivity contribution in [3.8, 4) is 0 Å². The first-order chi connectivity index (χ1) is 7.92. The average Bonchev–Trinajstić information content (AvgIpc) is 2.66. The van der Waals surface area contributed by atoms with Crippen LogP contribution < -0.4 is 5.32 Å². The van der Waals surface area contributed by atoms with Crippen LogP contribution in [-0.4, -0.2) is 26.4 Å². The van der Waals surface area contributed by atoms with Gasteiger partial charge in [0.2, 0.25) is 0 Å². The Labute approximate surface area is 102 Å². The molecule has 1 aromatic rings. The fourth-order valence-corrected chi connectivity index (χ4v) is 1.65. The molecule has 0 aliphatic rings. The highest BCUT2D eigenvalue weighted by atomic mass is 16.4. The number of aryl methyl sites for hydroxylation is 2. The quantitative estimate of drug-likeness (QED) is 0.790. The minimum absolute atomic E-state index is 0.519. The Balaban J connectivity index is 2.75. The largest absolute Gasteiger partial charge is 0.480 e. The monoisotopic (exact) mass is 239 g/mol. The van der Waals surface area contributed by atoms with Crippen molar-refractivity contribution in [2.24, 2.45) is 0 Å². The second kappa shape index (κ2) is 5.31. The van der Waals surface area contributed by atoms with Crippen LogP contribution in [-0.2, 0) is 17.9 Å². The molecule has 0 radical (unpaired) electrons. The SMILES string of the molecule is CCn1nc(C)cc1CNC(C)(CC)C(=O)O. The van der Waals surface area contributed by atoms with Gasteiger partial charge >= 0.3 is 5.97 Å². The van der Waals surface area contributed by atoms with E-state index in [4.69, 9.17) is 5.11 Å². The number of nitrogens with zero attached hydrogens (tertiary/aromatic N) is 2. The number of hydrogen-bond acceptors (Lipinski definition) is 3. The summed E-state index contributed by atoms with van der Waals surface area (Å²) in [6, 6.07) is 1.98. The van der Waals surface area contributed by atoms with Crippen molar-refractivity contribution in [2.75, 3.05) is 0 Å². The van der Waals surface area contributed by atoms with Gasteiger partial charge in [0.1, 0.15) is 5.54 Å². The Bertz CT molecular complexity index is 400. The summed E-state index contributed by atoms with van der Waals surface area (Å²) >= 11 is 0. The molecule has 0 saturated heterocycles. The molecule has 96 valence electrons. The van der Waals surface area contributed by atoms with Crippen LogP contribution in [0, 0.1) is 6.92 Å². The third-order valence-electron chi connectivity index (χ3n) is 3.12. The van der Waals surface area contributed by atoms with Crippen molar-refractivity contribution in [3.63, 3.8) is 0 Å². The molecule has 0 spiro atoms. The molecular formula is C12H21N3O2. The van der Waals surface area contributed by atoms with Crippen LogP contribution in [0.4, 0.5) is 0 Å². The Morgan fingerprint density at radius 1 is 1.59 bits per heavy atom. The minimum atomic E-state index is -0.878. The van der Waals surface area contributed by atoms with Gasteiger partial charge < -0.3 is 5.11 Å². The van der Waals surface area contributed by atoms with Crippen molar-refractivity contribution in [2.45, 2.75) is 52.7 Å². The summed E-state index contributed by atoms with van der Waals surface area (Å²) < 4.78 is 1.89. The molecule has 0 aromatic carbocycles. The first kappa shape index (κ1) is 13.7. The zero-order valence-electron chi connectivity index (χ0n) is 10.9.